The van der Waals surface area contributed by atoms with Gasteiger partial charge in [-0.15, -0.1) is 0 Å². The van der Waals surface area contributed by atoms with E-state index in [1.807, 2.05) is 41.0 Å². The molecule has 6 nitrogen and oxygen atoms in total. The first-order valence-corrected chi connectivity index (χ1v) is 7.51. The number of imidazole rings is 1. The average Bonchev–Trinajstić information content (AvgIpc) is 3.26. The van der Waals surface area contributed by atoms with Gasteiger partial charge in [0.25, 0.3) is 0 Å². The summed E-state index contributed by atoms with van der Waals surface area (Å²) in [6.45, 7) is 0.787. The number of fused-ring (bicyclic) bond motifs is 1. The van der Waals surface area contributed by atoms with Gasteiger partial charge in [0.2, 0.25) is 0 Å². The molecule has 0 saturated heterocycles. The molecule has 4 aromatic rings. The van der Waals surface area contributed by atoms with Crippen molar-refractivity contribution in [1.82, 2.24) is 24.6 Å². The lowest BCUT2D eigenvalue weighted by molar-refractivity contribution is 0.906. The Kier molecular flexibility index (Phi) is 3.48. The predicted molar refractivity (Wildman–Crippen MR) is 89.2 cm³/mol. The van der Waals surface area contributed by atoms with Gasteiger partial charge in [0, 0.05) is 42.6 Å². The Bertz CT molecular complexity index is 895. The molecule has 2 N–H and O–H groups in total. The van der Waals surface area contributed by atoms with E-state index in [-0.39, 0.29) is 0 Å². The van der Waals surface area contributed by atoms with Crippen molar-refractivity contribution >= 4 is 11.5 Å². The summed E-state index contributed by atoms with van der Waals surface area (Å²) in [5.41, 5.74) is 3.96. The van der Waals surface area contributed by atoms with Gasteiger partial charge in [-0.05, 0) is 0 Å². The van der Waals surface area contributed by atoms with Crippen LogP contribution in [0.25, 0.3) is 16.9 Å². The zero-order valence-corrected chi connectivity index (χ0v) is 12.5. The molecule has 6 heteroatoms. The summed E-state index contributed by atoms with van der Waals surface area (Å²) in [5, 5.41) is 7.78. The zero-order chi connectivity index (χ0) is 15.5. The number of hydrogen-bond acceptors (Lipinski definition) is 4. The highest BCUT2D eigenvalue weighted by molar-refractivity contribution is 5.66. The molecule has 0 radical (unpaired) electrons. The van der Waals surface area contributed by atoms with Crippen molar-refractivity contribution in [3.05, 3.63) is 66.9 Å². The summed E-state index contributed by atoms with van der Waals surface area (Å²) in [5.74, 6) is 0.929. The largest absolute Gasteiger partial charge is 0.369 e. The monoisotopic (exact) mass is 304 g/mol. The lowest BCUT2D eigenvalue weighted by atomic mass is 10.1. The van der Waals surface area contributed by atoms with E-state index in [1.165, 1.54) is 0 Å². The van der Waals surface area contributed by atoms with E-state index >= 15 is 0 Å². The molecule has 3 aromatic heterocycles. The number of H-pyrrole nitrogens is 1. The van der Waals surface area contributed by atoms with Crippen LogP contribution < -0.4 is 5.32 Å². The molecule has 114 valence electrons. The van der Waals surface area contributed by atoms with E-state index in [9.17, 15) is 0 Å². The molecule has 3 heterocycles. The van der Waals surface area contributed by atoms with Crippen LogP contribution in [0.2, 0.25) is 0 Å². The second-order valence-corrected chi connectivity index (χ2v) is 5.25. The number of anilines is 1. The maximum Gasteiger partial charge on any atom is 0.157 e. The first kappa shape index (κ1) is 13.5. The van der Waals surface area contributed by atoms with E-state index in [4.69, 9.17) is 0 Å². The summed E-state index contributed by atoms with van der Waals surface area (Å²) < 4.78 is 1.82. The second-order valence-electron chi connectivity index (χ2n) is 5.25. The molecule has 0 atom stereocenters. The lowest BCUT2D eigenvalue weighted by Crippen LogP contribution is -2.10. The number of hydrogen-bond donors (Lipinski definition) is 2. The highest BCUT2D eigenvalue weighted by Crippen LogP contribution is 2.21. The average molecular weight is 304 g/mol. The SMILES string of the molecule is c1ccc(-c2cc(NCCc3cnc[nH]3)n3nccc3n2)cc1. The normalized spacial score (nSPS) is 11.0. The van der Waals surface area contributed by atoms with E-state index in [2.05, 4.69) is 37.5 Å². The molecule has 0 aliphatic rings. The Morgan fingerprint density at radius 3 is 2.87 bits per heavy atom. The molecule has 0 bridgehead atoms. The fraction of sp³-hybridized carbons (Fsp3) is 0.118. The Hall–Kier alpha value is -3.15. The first-order valence-electron chi connectivity index (χ1n) is 7.51. The Morgan fingerprint density at radius 2 is 2.04 bits per heavy atom. The quantitative estimate of drug-likeness (QED) is 0.595. The van der Waals surface area contributed by atoms with Crippen molar-refractivity contribution in [2.45, 2.75) is 6.42 Å². The molecule has 0 spiro atoms. The van der Waals surface area contributed by atoms with Crippen molar-refractivity contribution in [2.75, 3.05) is 11.9 Å². The van der Waals surface area contributed by atoms with Crippen LogP contribution in [0.5, 0.6) is 0 Å². The van der Waals surface area contributed by atoms with Crippen LogP contribution in [-0.4, -0.2) is 31.1 Å². The molecule has 4 rings (SSSR count). The summed E-state index contributed by atoms with van der Waals surface area (Å²) in [6, 6.07) is 14.1. The van der Waals surface area contributed by atoms with Crippen molar-refractivity contribution in [3.63, 3.8) is 0 Å². The topological polar surface area (TPSA) is 70.9 Å². The molecule has 0 aliphatic heterocycles. The van der Waals surface area contributed by atoms with Crippen molar-refractivity contribution in [3.8, 4) is 11.3 Å². The van der Waals surface area contributed by atoms with Gasteiger partial charge in [0.1, 0.15) is 5.82 Å². The molecular formula is C17H16N6. The van der Waals surface area contributed by atoms with Crippen molar-refractivity contribution < 1.29 is 0 Å². The number of rotatable bonds is 5. The molecule has 0 fully saturated rings. The molecule has 0 aliphatic carbocycles. The molecule has 23 heavy (non-hydrogen) atoms. The van der Waals surface area contributed by atoms with Gasteiger partial charge in [0.05, 0.1) is 18.2 Å². The fourth-order valence-corrected chi connectivity index (χ4v) is 2.54. The van der Waals surface area contributed by atoms with Crippen LogP contribution in [0.4, 0.5) is 5.82 Å². The highest BCUT2D eigenvalue weighted by Gasteiger charge is 2.08. The minimum atomic E-state index is 0.787. The third-order valence-corrected chi connectivity index (χ3v) is 3.68. The zero-order valence-electron chi connectivity index (χ0n) is 12.5. The molecule has 0 saturated carbocycles. The summed E-state index contributed by atoms with van der Waals surface area (Å²) >= 11 is 0. The third-order valence-electron chi connectivity index (χ3n) is 3.68. The van der Waals surface area contributed by atoms with Gasteiger partial charge in [-0.3, -0.25) is 0 Å². The summed E-state index contributed by atoms with van der Waals surface area (Å²) in [7, 11) is 0. The van der Waals surface area contributed by atoms with Crippen LogP contribution in [0, 0.1) is 0 Å². The van der Waals surface area contributed by atoms with Gasteiger partial charge < -0.3 is 10.3 Å². The Morgan fingerprint density at radius 1 is 1.13 bits per heavy atom. The number of aromatic nitrogens is 5. The smallest absolute Gasteiger partial charge is 0.157 e. The predicted octanol–water partition coefficient (Wildman–Crippen LogP) is 2.77. The molecule has 0 unspecified atom stereocenters. The first-order chi connectivity index (χ1) is 11.4. The van der Waals surface area contributed by atoms with Crippen LogP contribution in [0.3, 0.4) is 0 Å². The van der Waals surface area contributed by atoms with Gasteiger partial charge in [-0.2, -0.15) is 9.61 Å². The third kappa shape index (κ3) is 2.78. The Labute approximate surface area is 133 Å². The van der Waals surface area contributed by atoms with Gasteiger partial charge in [-0.1, -0.05) is 30.3 Å². The Balaban J connectivity index is 1.63. The molecule has 1 aromatic carbocycles. The number of nitrogens with zero attached hydrogens (tertiary/aromatic N) is 4. The highest BCUT2D eigenvalue weighted by atomic mass is 15.3. The maximum absolute atomic E-state index is 4.67. The fourth-order valence-electron chi connectivity index (χ4n) is 2.54. The van der Waals surface area contributed by atoms with Gasteiger partial charge >= 0.3 is 0 Å². The van der Waals surface area contributed by atoms with Crippen LogP contribution in [0.1, 0.15) is 5.69 Å². The van der Waals surface area contributed by atoms with E-state index < -0.39 is 0 Å². The minimum absolute atomic E-state index is 0.787. The summed E-state index contributed by atoms with van der Waals surface area (Å²) in [6.07, 6.45) is 6.16. The van der Waals surface area contributed by atoms with Crippen molar-refractivity contribution in [1.29, 1.82) is 0 Å². The number of benzene rings is 1. The van der Waals surface area contributed by atoms with Crippen LogP contribution >= 0.6 is 0 Å². The van der Waals surface area contributed by atoms with Crippen LogP contribution in [-0.2, 0) is 6.42 Å². The standard InChI is InChI=1S/C17H16N6/c1-2-4-13(5-3-1)15-10-17(23-16(22-15)7-9-21-23)19-8-6-14-11-18-12-20-14/h1-5,7,9-12,19H,6,8H2,(H,18,20). The van der Waals surface area contributed by atoms with E-state index in [1.54, 1.807) is 12.5 Å². The van der Waals surface area contributed by atoms with Gasteiger partial charge in [0.15, 0.2) is 5.65 Å². The summed E-state index contributed by atoms with van der Waals surface area (Å²) in [4.78, 5) is 11.8. The lowest BCUT2D eigenvalue weighted by Gasteiger charge is -2.10. The van der Waals surface area contributed by atoms with Crippen molar-refractivity contribution in [2.24, 2.45) is 0 Å². The minimum Gasteiger partial charge on any atom is -0.369 e. The molecule has 0 amide bonds. The number of nitrogens with one attached hydrogen (secondary N) is 2. The second kappa shape index (κ2) is 5.92. The maximum atomic E-state index is 4.67. The van der Waals surface area contributed by atoms with E-state index in [0.29, 0.717) is 0 Å². The van der Waals surface area contributed by atoms with E-state index in [0.717, 1.165) is 41.4 Å². The van der Waals surface area contributed by atoms with Gasteiger partial charge in [-0.25, -0.2) is 9.97 Å². The van der Waals surface area contributed by atoms with Crippen LogP contribution in [0.15, 0.2) is 61.2 Å². The molecular weight excluding hydrogens is 288 g/mol. The number of aromatic amines is 1.